The van der Waals surface area contributed by atoms with Gasteiger partial charge in [-0.15, -0.1) is 0 Å². The summed E-state index contributed by atoms with van der Waals surface area (Å²) in [6, 6.07) is 31.9. The van der Waals surface area contributed by atoms with Crippen molar-refractivity contribution in [1.82, 2.24) is 0 Å². The number of nitriles is 3. The number of benzene rings is 6. The second kappa shape index (κ2) is 36.4. The van der Waals surface area contributed by atoms with E-state index in [1.54, 1.807) is 42.7 Å². The van der Waals surface area contributed by atoms with Crippen molar-refractivity contribution in [3.05, 3.63) is 140 Å². The maximum atomic E-state index is 9.90. The van der Waals surface area contributed by atoms with Crippen molar-refractivity contribution in [1.29, 1.82) is 15.8 Å². The first kappa shape index (κ1) is 67.5. The zero-order chi connectivity index (χ0) is 62.3. The molecule has 0 amide bonds. The standard InChI is InChI=1S/C72H89N3O12/c1-11-14-17-20-28-82-63-41-52(64(77-6)34-50(63)4)36-59-44-67(80-9)55(48-71(59)86-32-26-74)38-58-43-66(79-8)54(47-70(58)84-30-22-19-16-13-3)39-60-45-68(81-10)56(49-72(60)87-33-27-75)37-57-42-65(78-7)53(46-69(57)83-29-21-18-15-12-2)35-51-40-61(76-5)23-24-62(51)85-31-25-73/h23-24,34,40-49H,11-22,28-33,35-39H2,1-10H3. The van der Waals surface area contributed by atoms with E-state index < -0.39 is 0 Å². The first-order valence-corrected chi connectivity index (χ1v) is 30.5. The Morgan fingerprint density at radius 3 is 0.885 bits per heavy atom. The van der Waals surface area contributed by atoms with E-state index in [1.807, 2.05) is 85.8 Å². The molecule has 0 radical (unpaired) electrons. The summed E-state index contributed by atoms with van der Waals surface area (Å²) < 4.78 is 74.1. The zero-order valence-corrected chi connectivity index (χ0v) is 53.0. The molecule has 15 heteroatoms. The molecule has 15 nitrogen and oxygen atoms in total. The lowest BCUT2D eigenvalue weighted by Crippen LogP contribution is -2.08. The molecule has 6 aromatic carbocycles. The lowest BCUT2D eigenvalue weighted by molar-refractivity contribution is 0.301. The van der Waals surface area contributed by atoms with Gasteiger partial charge in [0, 0.05) is 87.7 Å². The van der Waals surface area contributed by atoms with E-state index in [0.29, 0.717) is 109 Å². The number of unbranched alkanes of at least 4 members (excludes halogenated alkanes) is 9. The van der Waals surface area contributed by atoms with Crippen molar-refractivity contribution in [2.24, 2.45) is 0 Å². The summed E-state index contributed by atoms with van der Waals surface area (Å²) in [5.74, 6) is 7.72. The fourth-order valence-corrected chi connectivity index (χ4v) is 10.6. The van der Waals surface area contributed by atoms with Crippen molar-refractivity contribution in [2.45, 2.75) is 137 Å². The predicted octanol–water partition coefficient (Wildman–Crippen LogP) is 15.6. The van der Waals surface area contributed by atoms with Gasteiger partial charge in [-0.05, 0) is 111 Å². The Hall–Kier alpha value is -8.61. The second-order valence-electron chi connectivity index (χ2n) is 21.4. The predicted molar refractivity (Wildman–Crippen MR) is 339 cm³/mol. The summed E-state index contributed by atoms with van der Waals surface area (Å²) in [4.78, 5) is 0. The molecule has 0 fully saturated rings. The van der Waals surface area contributed by atoms with Gasteiger partial charge in [0.15, 0.2) is 19.8 Å². The van der Waals surface area contributed by atoms with Crippen LogP contribution in [0, 0.1) is 40.9 Å². The van der Waals surface area contributed by atoms with E-state index in [1.165, 1.54) is 6.42 Å². The van der Waals surface area contributed by atoms with Crippen LogP contribution in [0.5, 0.6) is 69.0 Å². The summed E-state index contributed by atoms with van der Waals surface area (Å²) in [5.41, 5.74) is 9.36. The normalized spacial score (nSPS) is 10.7. The molecule has 0 atom stereocenters. The van der Waals surface area contributed by atoms with Gasteiger partial charge in [-0.2, -0.15) is 15.8 Å². The third-order valence-corrected chi connectivity index (χ3v) is 15.2. The first-order chi connectivity index (χ1) is 42.5. The molecule has 0 heterocycles. The minimum Gasteiger partial charge on any atom is -0.497 e. The highest BCUT2D eigenvalue weighted by molar-refractivity contribution is 5.59. The van der Waals surface area contributed by atoms with Crippen molar-refractivity contribution < 1.29 is 56.8 Å². The van der Waals surface area contributed by atoms with Gasteiger partial charge in [0.1, 0.15) is 87.2 Å². The maximum Gasteiger partial charge on any atom is 0.174 e. The summed E-state index contributed by atoms with van der Waals surface area (Å²) in [6.45, 7) is 9.81. The van der Waals surface area contributed by atoms with Crippen molar-refractivity contribution in [3.8, 4) is 87.2 Å². The number of methoxy groups -OCH3 is 6. The Kier molecular flexibility index (Phi) is 28.2. The minimum absolute atomic E-state index is 0.101. The first-order valence-electron chi connectivity index (χ1n) is 30.5. The molecule has 0 unspecified atom stereocenters. The van der Waals surface area contributed by atoms with Crippen LogP contribution in [-0.2, 0) is 32.1 Å². The van der Waals surface area contributed by atoms with Gasteiger partial charge in [0.2, 0.25) is 0 Å². The van der Waals surface area contributed by atoms with E-state index in [9.17, 15) is 15.8 Å². The highest BCUT2D eigenvalue weighted by atomic mass is 16.5. The van der Waals surface area contributed by atoms with Crippen molar-refractivity contribution in [3.63, 3.8) is 0 Å². The number of ether oxygens (including phenoxy) is 12. The van der Waals surface area contributed by atoms with Gasteiger partial charge in [0.05, 0.1) is 62.5 Å². The van der Waals surface area contributed by atoms with E-state index in [2.05, 4.69) is 39.0 Å². The van der Waals surface area contributed by atoms with Crippen molar-refractivity contribution >= 4 is 0 Å². The number of rotatable bonds is 40. The number of nitrogens with zero attached hydrogens (tertiary/aromatic N) is 3. The van der Waals surface area contributed by atoms with Crippen LogP contribution in [0.3, 0.4) is 0 Å². The number of hydrogen-bond acceptors (Lipinski definition) is 15. The van der Waals surface area contributed by atoms with Crippen LogP contribution in [0.4, 0.5) is 0 Å². The average molecular weight is 1190 g/mol. The number of hydrogen-bond donors (Lipinski definition) is 0. The van der Waals surface area contributed by atoms with Gasteiger partial charge in [-0.1, -0.05) is 78.6 Å². The number of aryl methyl sites for hydroxylation is 1. The van der Waals surface area contributed by atoms with Crippen LogP contribution in [0.15, 0.2) is 78.9 Å². The molecule has 0 bridgehead atoms. The van der Waals surface area contributed by atoms with E-state index >= 15 is 0 Å². The molecule has 0 aromatic heterocycles. The topological polar surface area (TPSA) is 182 Å². The van der Waals surface area contributed by atoms with E-state index in [4.69, 9.17) is 56.8 Å². The third-order valence-electron chi connectivity index (χ3n) is 15.2. The summed E-state index contributed by atoms with van der Waals surface area (Å²) in [5, 5.41) is 29.0. The largest absolute Gasteiger partial charge is 0.497 e. The van der Waals surface area contributed by atoms with Crippen LogP contribution >= 0.6 is 0 Å². The van der Waals surface area contributed by atoms with Crippen LogP contribution in [0.1, 0.15) is 159 Å². The summed E-state index contributed by atoms with van der Waals surface area (Å²) in [6.07, 6.45) is 14.6. The van der Waals surface area contributed by atoms with Crippen LogP contribution < -0.4 is 56.8 Å². The Labute approximate surface area is 516 Å². The van der Waals surface area contributed by atoms with Gasteiger partial charge < -0.3 is 56.8 Å². The highest BCUT2D eigenvalue weighted by Crippen LogP contribution is 2.42. The minimum atomic E-state index is -0.187. The molecule has 464 valence electrons. The quantitative estimate of drug-likeness (QED) is 0.0331. The van der Waals surface area contributed by atoms with Crippen molar-refractivity contribution in [2.75, 3.05) is 82.3 Å². The molecule has 0 saturated carbocycles. The molecule has 0 N–H and O–H groups in total. The fourth-order valence-electron chi connectivity index (χ4n) is 10.6. The lowest BCUT2D eigenvalue weighted by Gasteiger charge is -2.21. The molecule has 0 aliphatic rings. The Morgan fingerprint density at radius 1 is 0.287 bits per heavy atom. The second-order valence-corrected chi connectivity index (χ2v) is 21.4. The molecule has 0 aliphatic carbocycles. The Bertz CT molecular complexity index is 3280. The average Bonchev–Trinajstić information content (AvgIpc) is 2.31. The maximum absolute atomic E-state index is 9.90. The smallest absolute Gasteiger partial charge is 0.174 e. The van der Waals surface area contributed by atoms with Gasteiger partial charge in [-0.25, -0.2) is 0 Å². The monoisotopic (exact) mass is 1190 g/mol. The van der Waals surface area contributed by atoms with Gasteiger partial charge in [-0.3, -0.25) is 0 Å². The van der Waals surface area contributed by atoms with Crippen LogP contribution in [-0.4, -0.2) is 82.3 Å². The molecule has 0 spiro atoms. The summed E-state index contributed by atoms with van der Waals surface area (Å²) in [7, 11) is 9.87. The van der Waals surface area contributed by atoms with E-state index in [-0.39, 0.29) is 19.8 Å². The highest BCUT2D eigenvalue weighted by Gasteiger charge is 2.24. The SMILES string of the molecule is CCCCCCOc1cc(Cc2cc(OC)c(Cc3cc(OC)c(Cc4cc(OC)c(Cc5cc(OC)c(Cc6cc(OC)ccc6OCC#N)cc5OCCCCCC)cc4OCC#N)cc3OCCCCCC)cc2OCC#N)c(OC)cc1C. The molecule has 6 aromatic rings. The van der Waals surface area contributed by atoms with E-state index in [0.717, 1.165) is 143 Å². The fraction of sp³-hybridized carbons (Fsp3) is 0.458. The molecule has 6 rings (SSSR count). The van der Waals surface area contributed by atoms with Gasteiger partial charge >= 0.3 is 0 Å². The molecule has 87 heavy (non-hydrogen) atoms. The Balaban J connectivity index is 1.39. The zero-order valence-electron chi connectivity index (χ0n) is 53.0. The molecular weight excluding hydrogens is 1100 g/mol. The molecule has 0 aliphatic heterocycles. The van der Waals surface area contributed by atoms with Crippen LogP contribution in [0.25, 0.3) is 0 Å². The van der Waals surface area contributed by atoms with Gasteiger partial charge in [0.25, 0.3) is 0 Å². The Morgan fingerprint density at radius 2 is 0.563 bits per heavy atom. The summed E-state index contributed by atoms with van der Waals surface area (Å²) >= 11 is 0. The molecule has 0 saturated heterocycles. The molecular formula is C72H89N3O12. The lowest BCUT2D eigenvalue weighted by atomic mass is 9.93. The third kappa shape index (κ3) is 19.7. The van der Waals surface area contributed by atoms with Crippen LogP contribution in [0.2, 0.25) is 0 Å².